The average Bonchev–Trinajstić information content (AvgIpc) is 2.28. The van der Waals surface area contributed by atoms with Crippen molar-refractivity contribution < 1.29 is 0 Å². The Labute approximate surface area is 93.9 Å². The quantitative estimate of drug-likeness (QED) is 0.719. The molecule has 0 saturated heterocycles. The molecule has 1 rings (SSSR count). The van der Waals surface area contributed by atoms with Gasteiger partial charge in [-0.25, -0.2) is 0 Å². The van der Waals surface area contributed by atoms with Gasteiger partial charge < -0.3 is 5.32 Å². The van der Waals surface area contributed by atoms with Gasteiger partial charge in [0.25, 0.3) is 0 Å². The predicted octanol–water partition coefficient (Wildman–Crippen LogP) is 3.40. The topological polar surface area (TPSA) is 12.0 Å². The first-order chi connectivity index (χ1) is 7.36. The molecule has 0 radical (unpaired) electrons. The monoisotopic (exact) mass is 205 g/mol. The van der Waals surface area contributed by atoms with E-state index in [1.54, 1.807) is 0 Å². The molecule has 1 N–H and O–H groups in total. The van der Waals surface area contributed by atoms with E-state index in [-0.39, 0.29) is 0 Å². The number of rotatable bonds is 7. The normalized spacial score (nSPS) is 12.7. The van der Waals surface area contributed by atoms with Crippen LogP contribution in [0, 0.1) is 0 Å². The maximum absolute atomic E-state index is 3.55. The molecule has 0 aliphatic carbocycles. The van der Waals surface area contributed by atoms with Gasteiger partial charge in [-0.05, 0) is 31.4 Å². The van der Waals surface area contributed by atoms with Crippen molar-refractivity contribution in [3.63, 3.8) is 0 Å². The Hall–Kier alpha value is -0.820. The van der Waals surface area contributed by atoms with Gasteiger partial charge in [0.15, 0.2) is 0 Å². The molecule has 1 aromatic rings. The lowest BCUT2D eigenvalue weighted by atomic mass is 10.0. The Morgan fingerprint density at radius 3 is 2.40 bits per heavy atom. The molecule has 1 unspecified atom stereocenters. The molecule has 1 atom stereocenters. The zero-order chi connectivity index (χ0) is 10.9. The summed E-state index contributed by atoms with van der Waals surface area (Å²) in [7, 11) is 0. The fraction of sp³-hybridized carbons (Fsp3) is 0.571. The second kappa shape index (κ2) is 7.47. The standard InChI is InChI=1S/C14H23N/c1-3-8-14(15-4-2)12-11-13-9-6-5-7-10-13/h5-7,9-10,14-15H,3-4,8,11-12H2,1-2H3. The molecule has 0 fully saturated rings. The first-order valence-electron chi connectivity index (χ1n) is 6.14. The van der Waals surface area contributed by atoms with Crippen molar-refractivity contribution in [3.05, 3.63) is 35.9 Å². The van der Waals surface area contributed by atoms with Crippen LogP contribution < -0.4 is 5.32 Å². The second-order valence-electron chi connectivity index (χ2n) is 4.07. The van der Waals surface area contributed by atoms with E-state index in [1.165, 1.54) is 31.2 Å². The van der Waals surface area contributed by atoms with Gasteiger partial charge >= 0.3 is 0 Å². The Balaban J connectivity index is 2.33. The average molecular weight is 205 g/mol. The molecule has 0 aliphatic heterocycles. The minimum atomic E-state index is 0.695. The summed E-state index contributed by atoms with van der Waals surface area (Å²) in [6.07, 6.45) is 5.01. The van der Waals surface area contributed by atoms with Gasteiger partial charge in [0, 0.05) is 6.04 Å². The summed E-state index contributed by atoms with van der Waals surface area (Å²) in [5.74, 6) is 0. The summed E-state index contributed by atoms with van der Waals surface area (Å²) in [4.78, 5) is 0. The van der Waals surface area contributed by atoms with E-state index in [0.29, 0.717) is 6.04 Å². The zero-order valence-corrected chi connectivity index (χ0v) is 10.00. The molecule has 0 aromatic heterocycles. The number of hydrogen-bond acceptors (Lipinski definition) is 1. The Kier molecular flexibility index (Phi) is 6.10. The number of benzene rings is 1. The van der Waals surface area contributed by atoms with Crippen molar-refractivity contribution in [1.82, 2.24) is 5.32 Å². The summed E-state index contributed by atoms with van der Waals surface area (Å²) < 4.78 is 0. The van der Waals surface area contributed by atoms with E-state index < -0.39 is 0 Å². The minimum Gasteiger partial charge on any atom is -0.314 e. The van der Waals surface area contributed by atoms with Crippen LogP contribution in [0.2, 0.25) is 0 Å². The van der Waals surface area contributed by atoms with Crippen LogP contribution in [0.15, 0.2) is 30.3 Å². The summed E-state index contributed by atoms with van der Waals surface area (Å²) in [5.41, 5.74) is 1.46. The third-order valence-corrected chi connectivity index (χ3v) is 2.75. The molecule has 0 bridgehead atoms. The van der Waals surface area contributed by atoms with Crippen molar-refractivity contribution in [2.75, 3.05) is 6.54 Å². The van der Waals surface area contributed by atoms with Gasteiger partial charge in [-0.1, -0.05) is 50.6 Å². The van der Waals surface area contributed by atoms with Crippen molar-refractivity contribution in [1.29, 1.82) is 0 Å². The maximum Gasteiger partial charge on any atom is 0.00700 e. The van der Waals surface area contributed by atoms with Gasteiger partial charge in [-0.2, -0.15) is 0 Å². The Bertz CT molecular complexity index is 237. The molecular formula is C14H23N. The summed E-state index contributed by atoms with van der Waals surface area (Å²) in [6, 6.07) is 11.5. The van der Waals surface area contributed by atoms with E-state index in [9.17, 15) is 0 Å². The fourth-order valence-electron chi connectivity index (χ4n) is 1.97. The van der Waals surface area contributed by atoms with Crippen LogP contribution in [0.5, 0.6) is 0 Å². The van der Waals surface area contributed by atoms with Crippen LogP contribution in [-0.2, 0) is 6.42 Å². The van der Waals surface area contributed by atoms with Gasteiger partial charge in [0.05, 0.1) is 0 Å². The lowest BCUT2D eigenvalue weighted by molar-refractivity contribution is 0.460. The Morgan fingerprint density at radius 2 is 1.80 bits per heavy atom. The largest absolute Gasteiger partial charge is 0.314 e. The van der Waals surface area contributed by atoms with E-state index in [0.717, 1.165) is 6.54 Å². The number of aryl methyl sites for hydroxylation is 1. The summed E-state index contributed by atoms with van der Waals surface area (Å²) in [6.45, 7) is 5.53. The predicted molar refractivity (Wildman–Crippen MR) is 67.1 cm³/mol. The smallest absolute Gasteiger partial charge is 0.00700 e. The van der Waals surface area contributed by atoms with Crippen LogP contribution in [-0.4, -0.2) is 12.6 Å². The first kappa shape index (κ1) is 12.3. The molecule has 0 amide bonds. The highest BCUT2D eigenvalue weighted by Gasteiger charge is 2.05. The van der Waals surface area contributed by atoms with Crippen LogP contribution in [0.3, 0.4) is 0 Å². The first-order valence-corrected chi connectivity index (χ1v) is 6.14. The molecule has 1 nitrogen and oxygen atoms in total. The van der Waals surface area contributed by atoms with Crippen LogP contribution in [0.1, 0.15) is 38.7 Å². The fourth-order valence-corrected chi connectivity index (χ4v) is 1.97. The lowest BCUT2D eigenvalue weighted by Gasteiger charge is -2.16. The van der Waals surface area contributed by atoms with Crippen LogP contribution in [0.4, 0.5) is 0 Å². The van der Waals surface area contributed by atoms with Crippen molar-refractivity contribution in [2.24, 2.45) is 0 Å². The highest BCUT2D eigenvalue weighted by Crippen LogP contribution is 2.08. The number of hydrogen-bond donors (Lipinski definition) is 1. The second-order valence-corrected chi connectivity index (χ2v) is 4.07. The van der Waals surface area contributed by atoms with E-state index >= 15 is 0 Å². The SMILES string of the molecule is CCCC(CCc1ccccc1)NCC. The van der Waals surface area contributed by atoms with Crippen molar-refractivity contribution in [2.45, 2.75) is 45.6 Å². The summed E-state index contributed by atoms with van der Waals surface area (Å²) >= 11 is 0. The molecular weight excluding hydrogens is 182 g/mol. The molecule has 15 heavy (non-hydrogen) atoms. The van der Waals surface area contributed by atoms with Crippen molar-refractivity contribution >= 4 is 0 Å². The lowest BCUT2D eigenvalue weighted by Crippen LogP contribution is -2.29. The van der Waals surface area contributed by atoms with E-state index in [2.05, 4.69) is 49.5 Å². The van der Waals surface area contributed by atoms with Crippen LogP contribution in [0.25, 0.3) is 0 Å². The minimum absolute atomic E-state index is 0.695. The van der Waals surface area contributed by atoms with Gasteiger partial charge in [-0.3, -0.25) is 0 Å². The number of nitrogens with one attached hydrogen (secondary N) is 1. The van der Waals surface area contributed by atoms with Gasteiger partial charge in [0.2, 0.25) is 0 Å². The highest BCUT2D eigenvalue weighted by atomic mass is 14.9. The molecule has 0 spiro atoms. The third-order valence-electron chi connectivity index (χ3n) is 2.75. The van der Waals surface area contributed by atoms with E-state index in [4.69, 9.17) is 0 Å². The zero-order valence-electron chi connectivity index (χ0n) is 10.00. The highest BCUT2D eigenvalue weighted by molar-refractivity contribution is 5.14. The van der Waals surface area contributed by atoms with E-state index in [1.807, 2.05) is 0 Å². The molecule has 0 heterocycles. The van der Waals surface area contributed by atoms with Crippen LogP contribution >= 0.6 is 0 Å². The molecule has 1 heteroatoms. The molecule has 84 valence electrons. The van der Waals surface area contributed by atoms with Gasteiger partial charge in [0.1, 0.15) is 0 Å². The van der Waals surface area contributed by atoms with Gasteiger partial charge in [-0.15, -0.1) is 0 Å². The van der Waals surface area contributed by atoms with Crippen molar-refractivity contribution in [3.8, 4) is 0 Å². The third kappa shape index (κ3) is 4.98. The molecule has 0 aliphatic rings. The molecule has 1 aromatic carbocycles. The maximum atomic E-state index is 3.55. The Morgan fingerprint density at radius 1 is 1.07 bits per heavy atom. The molecule has 0 saturated carbocycles. The summed E-state index contributed by atoms with van der Waals surface area (Å²) in [5, 5.41) is 3.55.